The molecule has 3 heterocycles. The molecular weight excluding hydrogens is 621 g/mol. The fourth-order valence-electron chi connectivity index (χ4n) is 3.57. The van der Waals surface area contributed by atoms with Gasteiger partial charge in [-0.2, -0.15) is 13.2 Å². The number of pyridine rings is 2. The van der Waals surface area contributed by atoms with Crippen LogP contribution in [0.4, 0.5) is 19.0 Å². The van der Waals surface area contributed by atoms with Gasteiger partial charge in [-0.15, -0.1) is 16.2 Å². The summed E-state index contributed by atoms with van der Waals surface area (Å²) >= 11 is 6.68. The summed E-state index contributed by atoms with van der Waals surface area (Å²) in [5.74, 6) is -1.44. The Hall–Kier alpha value is -3.99. The Morgan fingerprint density at radius 2 is 1.88 bits per heavy atom. The maximum Gasteiger partial charge on any atom is 0.417 e. The predicted molar refractivity (Wildman–Crippen MR) is 149 cm³/mol. The van der Waals surface area contributed by atoms with Crippen LogP contribution in [0.5, 0.6) is 5.75 Å². The zero-order chi connectivity index (χ0) is 30.5. The van der Waals surface area contributed by atoms with Crippen LogP contribution in [-0.2, 0) is 27.5 Å². The number of thiophene rings is 1. The van der Waals surface area contributed by atoms with Crippen LogP contribution in [0.3, 0.4) is 0 Å². The third-order valence-corrected chi connectivity index (χ3v) is 8.77. The van der Waals surface area contributed by atoms with Crippen LogP contribution >= 0.6 is 22.9 Å². The van der Waals surface area contributed by atoms with Gasteiger partial charge in [-0.3, -0.25) is 20.0 Å². The molecule has 0 bridgehead atoms. The molecule has 0 atom stereocenters. The summed E-state index contributed by atoms with van der Waals surface area (Å²) in [4.78, 5) is 34.9. The maximum atomic E-state index is 12.7. The number of phenols is 1. The van der Waals surface area contributed by atoms with E-state index in [0.29, 0.717) is 22.0 Å². The molecule has 4 aromatic rings. The fraction of sp³-hybridized carbons (Fsp3) is 0.200. The minimum Gasteiger partial charge on any atom is -0.507 e. The van der Waals surface area contributed by atoms with Gasteiger partial charge in [-0.25, -0.2) is 13.4 Å². The standard InChI is InChI=1S/C25H22ClF3N6O5S2/c26-18-10-15(25(27,28)29)12-32-23(18)31-8-2-4-21(37)34-35-42(39,40)22-6-5-16(41-22)13-33-24(38)17-11-19-14(9-20(17)36)3-1-7-30-19/h1,3,5-7,9-12,35-36H,2,4,8,13H2,(H,31,32)(H,33,38)(H,34,37). The smallest absolute Gasteiger partial charge is 0.417 e. The molecule has 0 saturated heterocycles. The van der Waals surface area contributed by atoms with E-state index in [1.54, 1.807) is 18.3 Å². The third kappa shape index (κ3) is 7.84. The zero-order valence-electron chi connectivity index (χ0n) is 21.3. The highest BCUT2D eigenvalue weighted by Gasteiger charge is 2.31. The van der Waals surface area contributed by atoms with Crippen molar-refractivity contribution in [1.29, 1.82) is 0 Å². The number of halogens is 4. The van der Waals surface area contributed by atoms with Gasteiger partial charge in [0.2, 0.25) is 5.91 Å². The predicted octanol–water partition coefficient (Wildman–Crippen LogP) is 4.20. The molecule has 0 fully saturated rings. The third-order valence-electron chi connectivity index (χ3n) is 5.66. The van der Waals surface area contributed by atoms with E-state index in [4.69, 9.17) is 11.6 Å². The Morgan fingerprint density at radius 1 is 1.10 bits per heavy atom. The van der Waals surface area contributed by atoms with E-state index in [9.17, 15) is 36.3 Å². The topological polar surface area (TPSA) is 162 Å². The number of hydrogen-bond donors (Lipinski definition) is 5. The Kier molecular flexibility index (Phi) is 9.50. The van der Waals surface area contributed by atoms with Gasteiger partial charge in [0, 0.05) is 35.6 Å². The molecule has 3 aromatic heterocycles. The SMILES string of the molecule is O=C(CCCNc1ncc(C(F)(F)F)cc1Cl)NNS(=O)(=O)c1ccc(CNC(=O)c2cc3ncccc3cc2O)s1. The van der Waals surface area contributed by atoms with Crippen LogP contribution in [0, 0.1) is 0 Å². The van der Waals surface area contributed by atoms with E-state index in [2.05, 4.69) is 26.0 Å². The number of sulfonamides is 1. The van der Waals surface area contributed by atoms with Gasteiger partial charge in [0.25, 0.3) is 15.9 Å². The Bertz CT molecular complexity index is 1730. The first kappa shape index (κ1) is 31.0. The van der Waals surface area contributed by atoms with Crippen molar-refractivity contribution in [1.82, 2.24) is 25.5 Å². The number of alkyl halides is 3. The van der Waals surface area contributed by atoms with Gasteiger partial charge >= 0.3 is 6.18 Å². The number of nitrogens with one attached hydrogen (secondary N) is 4. The van der Waals surface area contributed by atoms with Crippen molar-refractivity contribution < 1.29 is 36.3 Å². The Labute approximate surface area is 246 Å². The van der Waals surface area contributed by atoms with Gasteiger partial charge < -0.3 is 15.7 Å². The first-order valence-electron chi connectivity index (χ1n) is 12.1. The monoisotopic (exact) mass is 642 g/mol. The number of nitrogens with zero attached hydrogens (tertiary/aromatic N) is 2. The molecule has 0 aliphatic heterocycles. The van der Waals surface area contributed by atoms with Crippen molar-refractivity contribution >= 4 is 61.5 Å². The van der Waals surface area contributed by atoms with E-state index < -0.39 is 33.6 Å². The van der Waals surface area contributed by atoms with Crippen molar-refractivity contribution in [2.45, 2.75) is 29.8 Å². The second kappa shape index (κ2) is 12.9. The first-order chi connectivity index (χ1) is 19.8. The molecule has 0 spiro atoms. The van der Waals surface area contributed by atoms with Crippen molar-refractivity contribution in [2.75, 3.05) is 11.9 Å². The number of anilines is 1. The maximum absolute atomic E-state index is 12.7. The number of rotatable bonds is 11. The molecule has 0 radical (unpaired) electrons. The number of phenolic OH excluding ortho intramolecular Hbond substituents is 1. The summed E-state index contributed by atoms with van der Waals surface area (Å²) in [5.41, 5.74) is 1.64. The van der Waals surface area contributed by atoms with Gasteiger partial charge in [-0.05, 0) is 42.8 Å². The van der Waals surface area contributed by atoms with E-state index in [-0.39, 0.29) is 52.3 Å². The van der Waals surface area contributed by atoms with Crippen LogP contribution < -0.4 is 20.9 Å². The molecule has 5 N–H and O–H groups in total. The molecule has 1 aromatic carbocycles. The highest BCUT2D eigenvalue weighted by molar-refractivity contribution is 7.91. The highest BCUT2D eigenvalue weighted by Crippen LogP contribution is 2.32. The Morgan fingerprint density at radius 3 is 2.62 bits per heavy atom. The second-order valence-corrected chi connectivity index (χ2v) is 12.2. The number of benzene rings is 1. The molecule has 0 unspecified atom stereocenters. The summed E-state index contributed by atoms with van der Waals surface area (Å²) in [6.45, 7) is 0.113. The van der Waals surface area contributed by atoms with E-state index >= 15 is 0 Å². The molecule has 11 nitrogen and oxygen atoms in total. The normalized spacial score (nSPS) is 11.8. The lowest BCUT2D eigenvalue weighted by molar-refractivity contribution is -0.137. The van der Waals surface area contributed by atoms with Crippen molar-refractivity contribution in [3.63, 3.8) is 0 Å². The number of aromatic nitrogens is 2. The minimum atomic E-state index is -4.58. The summed E-state index contributed by atoms with van der Waals surface area (Å²) < 4.78 is 63.1. The molecule has 0 aliphatic rings. The number of hydrazine groups is 1. The van der Waals surface area contributed by atoms with Crippen LogP contribution in [0.25, 0.3) is 10.9 Å². The largest absolute Gasteiger partial charge is 0.507 e. The summed E-state index contributed by atoms with van der Waals surface area (Å²) in [6.07, 6.45) is -2.32. The van der Waals surface area contributed by atoms with Crippen LogP contribution in [0.1, 0.15) is 33.6 Å². The molecule has 42 heavy (non-hydrogen) atoms. The van der Waals surface area contributed by atoms with Crippen LogP contribution in [0.15, 0.2) is 59.1 Å². The number of hydrogen-bond acceptors (Lipinski definition) is 9. The number of fused-ring (bicyclic) bond motifs is 1. The average Bonchev–Trinajstić information content (AvgIpc) is 3.43. The molecule has 0 aliphatic carbocycles. The molecule has 0 saturated carbocycles. The van der Waals surface area contributed by atoms with E-state index in [1.807, 2.05) is 4.83 Å². The van der Waals surface area contributed by atoms with Crippen molar-refractivity contribution in [3.05, 3.63) is 75.9 Å². The quantitative estimate of drug-likeness (QED) is 0.120. The van der Waals surface area contributed by atoms with Gasteiger partial charge in [0.15, 0.2) is 0 Å². The van der Waals surface area contributed by atoms with E-state index in [1.165, 1.54) is 24.3 Å². The summed E-state index contributed by atoms with van der Waals surface area (Å²) in [6, 6.07) is 9.86. The molecule has 2 amide bonds. The summed E-state index contributed by atoms with van der Waals surface area (Å²) in [5, 5.41) is 16.0. The van der Waals surface area contributed by atoms with Gasteiger partial charge in [-0.1, -0.05) is 17.7 Å². The van der Waals surface area contributed by atoms with Crippen molar-refractivity contribution in [3.8, 4) is 5.75 Å². The minimum absolute atomic E-state index is 0.0153. The fourth-order valence-corrected chi connectivity index (χ4v) is 5.96. The number of amides is 2. The lowest BCUT2D eigenvalue weighted by atomic mass is 10.1. The molecule has 17 heteroatoms. The summed E-state index contributed by atoms with van der Waals surface area (Å²) in [7, 11) is -4.11. The molecular formula is C25H22ClF3N6O5S2. The van der Waals surface area contributed by atoms with Crippen molar-refractivity contribution in [2.24, 2.45) is 0 Å². The zero-order valence-corrected chi connectivity index (χ0v) is 23.7. The number of carbonyl (C=O) groups excluding carboxylic acids is 2. The number of aromatic hydroxyl groups is 1. The first-order valence-corrected chi connectivity index (χ1v) is 14.7. The highest BCUT2D eigenvalue weighted by atomic mass is 35.5. The lowest BCUT2D eigenvalue weighted by Gasteiger charge is -2.11. The second-order valence-electron chi connectivity index (χ2n) is 8.71. The van der Waals surface area contributed by atoms with Gasteiger partial charge in [0.1, 0.15) is 15.8 Å². The lowest BCUT2D eigenvalue weighted by Crippen LogP contribution is -2.41. The average molecular weight is 643 g/mol. The van der Waals surface area contributed by atoms with Crippen LogP contribution in [0.2, 0.25) is 5.02 Å². The molecule has 222 valence electrons. The van der Waals surface area contributed by atoms with Gasteiger partial charge in [0.05, 0.1) is 28.2 Å². The van der Waals surface area contributed by atoms with Crippen LogP contribution in [-0.4, -0.2) is 41.9 Å². The Balaban J connectivity index is 1.22. The van der Waals surface area contributed by atoms with E-state index in [0.717, 1.165) is 17.4 Å². The molecule has 4 rings (SSSR count). The number of carbonyl (C=O) groups is 2.